The SMILES string of the molecule is CC(C)(C)S(C)(C)OCc1ccc(O)cc1. The quantitative estimate of drug-likeness (QED) is 0.876. The zero-order valence-corrected chi connectivity index (χ0v) is 11.6. The zero-order valence-electron chi connectivity index (χ0n) is 10.8. The lowest BCUT2D eigenvalue weighted by Crippen LogP contribution is -2.24. The number of hydrogen-bond donors (Lipinski definition) is 1. The van der Waals surface area contributed by atoms with Crippen LogP contribution in [-0.4, -0.2) is 22.4 Å². The van der Waals surface area contributed by atoms with Crippen molar-refractivity contribution in [3.05, 3.63) is 29.8 Å². The van der Waals surface area contributed by atoms with E-state index in [2.05, 4.69) is 33.3 Å². The van der Waals surface area contributed by atoms with Gasteiger partial charge in [-0.05, 0) is 30.2 Å². The van der Waals surface area contributed by atoms with E-state index in [0.717, 1.165) is 5.56 Å². The summed E-state index contributed by atoms with van der Waals surface area (Å²) in [6, 6.07) is 7.18. The fraction of sp³-hybridized carbons (Fsp3) is 0.538. The van der Waals surface area contributed by atoms with Crippen molar-refractivity contribution in [1.29, 1.82) is 0 Å². The van der Waals surface area contributed by atoms with Crippen molar-refractivity contribution in [2.75, 3.05) is 12.5 Å². The van der Waals surface area contributed by atoms with Crippen molar-refractivity contribution in [2.24, 2.45) is 0 Å². The summed E-state index contributed by atoms with van der Waals surface area (Å²) in [5.74, 6) is 0.297. The van der Waals surface area contributed by atoms with Gasteiger partial charge in [0.05, 0.1) is 6.61 Å². The molecule has 0 aliphatic carbocycles. The van der Waals surface area contributed by atoms with E-state index in [1.165, 1.54) is 0 Å². The number of phenols is 1. The second kappa shape index (κ2) is 4.68. The van der Waals surface area contributed by atoms with Gasteiger partial charge in [-0.2, -0.15) is 0 Å². The predicted molar refractivity (Wildman–Crippen MR) is 72.1 cm³/mol. The molecule has 0 saturated heterocycles. The van der Waals surface area contributed by atoms with Crippen LogP contribution in [0.15, 0.2) is 24.3 Å². The predicted octanol–water partition coefficient (Wildman–Crippen LogP) is 3.69. The van der Waals surface area contributed by atoms with Gasteiger partial charge in [-0.15, -0.1) is 10.3 Å². The number of hydrogen-bond acceptors (Lipinski definition) is 2. The summed E-state index contributed by atoms with van der Waals surface area (Å²) in [6.45, 7) is 7.23. The molecule has 0 aliphatic heterocycles. The maximum absolute atomic E-state index is 9.18. The van der Waals surface area contributed by atoms with Crippen molar-refractivity contribution >= 4 is 10.3 Å². The van der Waals surface area contributed by atoms with Crippen LogP contribution in [0.4, 0.5) is 0 Å². The first-order valence-corrected chi connectivity index (χ1v) is 7.75. The molecule has 0 amide bonds. The third-order valence-corrected chi connectivity index (χ3v) is 6.59. The molecule has 0 spiro atoms. The van der Waals surface area contributed by atoms with Gasteiger partial charge in [0, 0.05) is 4.75 Å². The summed E-state index contributed by atoms with van der Waals surface area (Å²) >= 11 is 0. The van der Waals surface area contributed by atoms with Gasteiger partial charge in [0.1, 0.15) is 5.75 Å². The molecule has 2 nitrogen and oxygen atoms in total. The number of aromatic hydroxyl groups is 1. The van der Waals surface area contributed by atoms with Gasteiger partial charge in [0.15, 0.2) is 0 Å². The third kappa shape index (κ3) is 3.42. The molecule has 0 atom stereocenters. The first-order valence-electron chi connectivity index (χ1n) is 5.37. The monoisotopic (exact) mass is 242 g/mol. The molecule has 92 valence electrons. The van der Waals surface area contributed by atoms with Crippen LogP contribution in [0.25, 0.3) is 0 Å². The molecule has 16 heavy (non-hydrogen) atoms. The fourth-order valence-corrected chi connectivity index (χ4v) is 1.77. The van der Waals surface area contributed by atoms with Crippen LogP contribution < -0.4 is 0 Å². The summed E-state index contributed by atoms with van der Waals surface area (Å²) in [4.78, 5) is 0. The van der Waals surface area contributed by atoms with Gasteiger partial charge in [0.2, 0.25) is 0 Å². The minimum absolute atomic E-state index is 0.184. The Morgan fingerprint density at radius 2 is 1.62 bits per heavy atom. The van der Waals surface area contributed by atoms with E-state index in [0.29, 0.717) is 12.4 Å². The van der Waals surface area contributed by atoms with E-state index < -0.39 is 10.3 Å². The van der Waals surface area contributed by atoms with E-state index in [9.17, 15) is 5.11 Å². The maximum Gasteiger partial charge on any atom is 0.115 e. The second-order valence-electron chi connectivity index (χ2n) is 5.27. The highest BCUT2D eigenvalue weighted by molar-refractivity contribution is 8.29. The lowest BCUT2D eigenvalue weighted by molar-refractivity contribution is 0.338. The Morgan fingerprint density at radius 1 is 1.12 bits per heavy atom. The Labute approximate surface area is 100 Å². The second-order valence-corrected chi connectivity index (χ2v) is 9.20. The van der Waals surface area contributed by atoms with Gasteiger partial charge in [-0.1, -0.05) is 32.9 Å². The smallest absolute Gasteiger partial charge is 0.115 e. The molecule has 1 aromatic rings. The highest BCUT2D eigenvalue weighted by atomic mass is 32.3. The molecule has 0 radical (unpaired) electrons. The molecule has 0 bridgehead atoms. The summed E-state index contributed by atoms with van der Waals surface area (Å²) in [7, 11) is -1.07. The van der Waals surface area contributed by atoms with Gasteiger partial charge in [-0.3, -0.25) is 0 Å². The van der Waals surface area contributed by atoms with Crippen molar-refractivity contribution in [3.8, 4) is 5.75 Å². The first-order chi connectivity index (χ1) is 7.22. The Kier molecular flexibility index (Phi) is 3.92. The van der Waals surface area contributed by atoms with Crippen LogP contribution in [0.5, 0.6) is 5.75 Å². The molecule has 0 heterocycles. The van der Waals surface area contributed by atoms with Crippen LogP contribution >= 0.6 is 10.3 Å². The Morgan fingerprint density at radius 3 is 2.06 bits per heavy atom. The zero-order chi connectivity index (χ0) is 12.4. The highest BCUT2D eigenvalue weighted by Gasteiger charge is 2.28. The third-order valence-electron chi connectivity index (χ3n) is 2.93. The molecule has 3 heteroatoms. The van der Waals surface area contributed by atoms with Gasteiger partial charge >= 0.3 is 0 Å². The molecule has 1 rings (SSSR count). The minimum atomic E-state index is -1.07. The normalized spacial score (nSPS) is 13.8. The van der Waals surface area contributed by atoms with E-state index >= 15 is 0 Å². The van der Waals surface area contributed by atoms with E-state index in [-0.39, 0.29) is 4.75 Å². The summed E-state index contributed by atoms with van der Waals surface area (Å²) in [5.41, 5.74) is 1.10. The molecule has 0 saturated carbocycles. The first kappa shape index (κ1) is 13.4. The Bertz CT molecular complexity index is 336. The average molecular weight is 242 g/mol. The topological polar surface area (TPSA) is 29.5 Å². The molecular formula is C13H22O2S. The maximum atomic E-state index is 9.18. The van der Waals surface area contributed by atoms with Crippen molar-refractivity contribution < 1.29 is 9.29 Å². The molecule has 1 N–H and O–H groups in total. The molecule has 0 unspecified atom stereocenters. The fourth-order valence-electron chi connectivity index (χ4n) is 0.984. The number of benzene rings is 1. The summed E-state index contributed by atoms with van der Waals surface area (Å²) < 4.78 is 6.21. The van der Waals surface area contributed by atoms with Crippen molar-refractivity contribution in [3.63, 3.8) is 0 Å². The van der Waals surface area contributed by atoms with Crippen LogP contribution in [0.1, 0.15) is 26.3 Å². The van der Waals surface area contributed by atoms with Gasteiger partial charge in [0.25, 0.3) is 0 Å². The number of phenolic OH excluding ortho intramolecular Hbond substituents is 1. The Hall–Kier alpha value is -0.670. The molecular weight excluding hydrogens is 220 g/mol. The lowest BCUT2D eigenvalue weighted by Gasteiger charge is -2.43. The minimum Gasteiger partial charge on any atom is -0.508 e. The van der Waals surface area contributed by atoms with E-state index in [1.54, 1.807) is 12.1 Å². The summed E-state index contributed by atoms with van der Waals surface area (Å²) in [6.07, 6.45) is 4.38. The molecule has 0 aliphatic rings. The van der Waals surface area contributed by atoms with Gasteiger partial charge < -0.3 is 9.29 Å². The lowest BCUT2D eigenvalue weighted by atomic mass is 10.2. The van der Waals surface area contributed by atoms with Crippen LogP contribution in [0.2, 0.25) is 0 Å². The highest BCUT2D eigenvalue weighted by Crippen LogP contribution is 2.54. The average Bonchev–Trinajstić information content (AvgIpc) is 2.15. The van der Waals surface area contributed by atoms with Crippen LogP contribution in [0.3, 0.4) is 0 Å². The van der Waals surface area contributed by atoms with Crippen LogP contribution in [0, 0.1) is 0 Å². The largest absolute Gasteiger partial charge is 0.508 e. The van der Waals surface area contributed by atoms with Crippen LogP contribution in [-0.2, 0) is 10.8 Å². The van der Waals surface area contributed by atoms with E-state index in [4.69, 9.17) is 4.18 Å². The molecule has 0 fully saturated rings. The number of rotatable bonds is 3. The van der Waals surface area contributed by atoms with Gasteiger partial charge in [-0.25, -0.2) is 0 Å². The van der Waals surface area contributed by atoms with Crippen molar-refractivity contribution in [1.82, 2.24) is 0 Å². The van der Waals surface area contributed by atoms with E-state index in [1.807, 2.05) is 12.1 Å². The molecule has 1 aromatic carbocycles. The summed E-state index contributed by atoms with van der Waals surface area (Å²) in [5, 5.41) is 9.18. The van der Waals surface area contributed by atoms with Crippen molar-refractivity contribution in [2.45, 2.75) is 32.1 Å². The standard InChI is InChI=1S/C13H22O2S/c1-13(2,3)16(4,5)15-10-11-6-8-12(14)9-7-11/h6-9,14H,10H2,1-5H3. The molecule has 0 aromatic heterocycles. The Balaban J connectivity index is 2.61.